The molecule has 0 radical (unpaired) electrons. The standard InChI is InChI=1S/C16H18N2O4S2/c1-11-6-7-12(14(19)10-11)17-16(20)13-4-2-8-18(13)24(21,22)15-5-3-9-23-15/h3,5-7,9-10,13,19H,2,4,8H2,1H3,(H,17,20)/t13-/m1/s1. The number of hydrogen-bond donors (Lipinski definition) is 2. The number of aromatic hydroxyl groups is 1. The second-order valence-corrected chi connectivity index (χ2v) is 8.78. The first kappa shape index (κ1) is 16.9. The maximum absolute atomic E-state index is 12.7. The zero-order chi connectivity index (χ0) is 17.3. The van der Waals surface area contributed by atoms with E-state index in [-0.39, 0.29) is 15.6 Å². The van der Waals surface area contributed by atoms with E-state index in [4.69, 9.17) is 0 Å². The predicted octanol–water partition coefficient (Wildman–Crippen LogP) is 2.55. The number of anilines is 1. The van der Waals surface area contributed by atoms with Crippen molar-refractivity contribution in [3.8, 4) is 5.75 Å². The number of benzene rings is 1. The Balaban J connectivity index is 1.81. The van der Waals surface area contributed by atoms with E-state index in [0.717, 1.165) is 16.9 Å². The van der Waals surface area contributed by atoms with Crippen molar-refractivity contribution >= 4 is 33.0 Å². The third-order valence-corrected chi connectivity index (χ3v) is 7.26. The Morgan fingerprint density at radius 2 is 2.17 bits per heavy atom. The van der Waals surface area contributed by atoms with Crippen LogP contribution < -0.4 is 5.32 Å². The van der Waals surface area contributed by atoms with E-state index in [1.54, 1.807) is 35.7 Å². The highest BCUT2D eigenvalue weighted by molar-refractivity contribution is 7.91. The fourth-order valence-corrected chi connectivity index (χ4v) is 5.56. The van der Waals surface area contributed by atoms with E-state index in [2.05, 4.69) is 5.32 Å². The summed E-state index contributed by atoms with van der Waals surface area (Å²) in [4.78, 5) is 12.6. The number of nitrogens with zero attached hydrogens (tertiary/aromatic N) is 1. The summed E-state index contributed by atoms with van der Waals surface area (Å²) in [7, 11) is -3.67. The van der Waals surface area contributed by atoms with Crippen LogP contribution >= 0.6 is 11.3 Å². The third kappa shape index (κ3) is 3.17. The van der Waals surface area contributed by atoms with Gasteiger partial charge in [-0.1, -0.05) is 12.1 Å². The lowest BCUT2D eigenvalue weighted by molar-refractivity contribution is -0.119. The van der Waals surface area contributed by atoms with Gasteiger partial charge in [0, 0.05) is 6.54 Å². The van der Waals surface area contributed by atoms with Gasteiger partial charge in [-0.05, 0) is 48.9 Å². The van der Waals surface area contributed by atoms with Gasteiger partial charge in [-0.3, -0.25) is 4.79 Å². The summed E-state index contributed by atoms with van der Waals surface area (Å²) in [5.74, 6) is -0.458. The molecule has 24 heavy (non-hydrogen) atoms. The monoisotopic (exact) mass is 366 g/mol. The first-order valence-corrected chi connectivity index (χ1v) is 9.87. The molecule has 1 fully saturated rings. The molecule has 2 heterocycles. The number of carbonyl (C=O) groups is 1. The van der Waals surface area contributed by atoms with E-state index in [1.165, 1.54) is 4.31 Å². The van der Waals surface area contributed by atoms with Gasteiger partial charge in [-0.25, -0.2) is 8.42 Å². The Labute approximate surface area is 144 Å². The molecule has 8 heteroatoms. The molecule has 1 saturated heterocycles. The van der Waals surface area contributed by atoms with Crippen molar-refractivity contribution in [2.45, 2.75) is 30.0 Å². The molecule has 6 nitrogen and oxygen atoms in total. The molecule has 1 aromatic heterocycles. The molecule has 1 atom stereocenters. The predicted molar refractivity (Wildman–Crippen MR) is 92.7 cm³/mol. The van der Waals surface area contributed by atoms with E-state index in [9.17, 15) is 18.3 Å². The minimum Gasteiger partial charge on any atom is -0.506 e. The van der Waals surface area contributed by atoms with Crippen LogP contribution in [0, 0.1) is 6.92 Å². The van der Waals surface area contributed by atoms with Crippen LogP contribution in [-0.4, -0.2) is 36.3 Å². The zero-order valence-corrected chi connectivity index (χ0v) is 14.7. The van der Waals surface area contributed by atoms with Gasteiger partial charge in [-0.15, -0.1) is 11.3 Å². The average molecular weight is 366 g/mol. The summed E-state index contributed by atoms with van der Waals surface area (Å²) < 4.78 is 26.8. The first-order chi connectivity index (χ1) is 11.4. The van der Waals surface area contributed by atoms with E-state index < -0.39 is 22.0 Å². The highest BCUT2D eigenvalue weighted by Gasteiger charge is 2.40. The van der Waals surface area contributed by atoms with Crippen LogP contribution in [0.3, 0.4) is 0 Å². The SMILES string of the molecule is Cc1ccc(NC(=O)[C@H]2CCCN2S(=O)(=O)c2cccs2)c(O)c1. The zero-order valence-electron chi connectivity index (χ0n) is 13.1. The molecule has 128 valence electrons. The second-order valence-electron chi connectivity index (χ2n) is 5.72. The van der Waals surface area contributed by atoms with Gasteiger partial charge in [0.05, 0.1) is 5.69 Å². The van der Waals surface area contributed by atoms with Crippen molar-refractivity contribution in [2.24, 2.45) is 0 Å². The number of rotatable bonds is 4. The lowest BCUT2D eigenvalue weighted by atomic mass is 10.2. The van der Waals surface area contributed by atoms with Crippen LogP contribution in [0.1, 0.15) is 18.4 Å². The van der Waals surface area contributed by atoms with Crippen molar-refractivity contribution in [1.29, 1.82) is 0 Å². The van der Waals surface area contributed by atoms with Crippen LogP contribution in [0.5, 0.6) is 5.75 Å². The smallest absolute Gasteiger partial charge is 0.253 e. The molecule has 0 bridgehead atoms. The number of thiophene rings is 1. The van der Waals surface area contributed by atoms with Crippen molar-refractivity contribution in [2.75, 3.05) is 11.9 Å². The number of aryl methyl sites for hydroxylation is 1. The lowest BCUT2D eigenvalue weighted by Gasteiger charge is -2.22. The molecule has 0 aliphatic carbocycles. The van der Waals surface area contributed by atoms with Crippen LogP contribution in [0.25, 0.3) is 0 Å². The topological polar surface area (TPSA) is 86.7 Å². The van der Waals surface area contributed by atoms with Gasteiger partial charge in [0.25, 0.3) is 10.0 Å². The van der Waals surface area contributed by atoms with Gasteiger partial charge >= 0.3 is 0 Å². The molecule has 1 aromatic carbocycles. The minimum atomic E-state index is -3.67. The molecule has 1 aliphatic heterocycles. The highest BCUT2D eigenvalue weighted by Crippen LogP contribution is 2.30. The number of phenols is 1. The summed E-state index contributed by atoms with van der Waals surface area (Å²) in [6.45, 7) is 2.15. The highest BCUT2D eigenvalue weighted by atomic mass is 32.2. The first-order valence-electron chi connectivity index (χ1n) is 7.55. The molecule has 1 aliphatic rings. The van der Waals surface area contributed by atoms with Crippen molar-refractivity contribution < 1.29 is 18.3 Å². The normalized spacial score (nSPS) is 18.6. The van der Waals surface area contributed by atoms with Gasteiger partial charge in [0.2, 0.25) is 5.91 Å². The van der Waals surface area contributed by atoms with E-state index >= 15 is 0 Å². The molecule has 2 aromatic rings. The van der Waals surface area contributed by atoms with Crippen LogP contribution in [0.4, 0.5) is 5.69 Å². The Hall–Kier alpha value is -1.90. The number of hydrogen-bond acceptors (Lipinski definition) is 5. The van der Waals surface area contributed by atoms with Gasteiger partial charge in [-0.2, -0.15) is 4.31 Å². The van der Waals surface area contributed by atoms with E-state index in [0.29, 0.717) is 19.4 Å². The maximum atomic E-state index is 12.7. The Morgan fingerprint density at radius 3 is 2.83 bits per heavy atom. The molecule has 3 rings (SSSR count). The van der Waals surface area contributed by atoms with Crippen molar-refractivity contribution in [3.05, 3.63) is 41.3 Å². The van der Waals surface area contributed by atoms with E-state index in [1.807, 2.05) is 6.92 Å². The summed E-state index contributed by atoms with van der Waals surface area (Å²) in [5, 5.41) is 14.2. The summed E-state index contributed by atoms with van der Waals surface area (Å²) >= 11 is 1.14. The second kappa shape index (κ2) is 6.54. The fourth-order valence-electron chi connectivity index (χ4n) is 2.78. The molecular formula is C16H18N2O4S2. The number of nitrogens with one attached hydrogen (secondary N) is 1. The Bertz CT molecular complexity index is 847. The molecule has 1 amide bonds. The van der Waals surface area contributed by atoms with Crippen molar-refractivity contribution in [3.63, 3.8) is 0 Å². The van der Waals surface area contributed by atoms with Crippen molar-refractivity contribution in [1.82, 2.24) is 4.31 Å². The molecule has 2 N–H and O–H groups in total. The Morgan fingerprint density at radius 1 is 1.38 bits per heavy atom. The fraction of sp³-hybridized carbons (Fsp3) is 0.312. The lowest BCUT2D eigenvalue weighted by Crippen LogP contribution is -2.42. The van der Waals surface area contributed by atoms with Crippen LogP contribution in [0.2, 0.25) is 0 Å². The molecule has 0 unspecified atom stereocenters. The van der Waals surface area contributed by atoms with Gasteiger partial charge < -0.3 is 10.4 Å². The molecule has 0 spiro atoms. The third-order valence-electron chi connectivity index (χ3n) is 3.98. The number of phenolic OH excluding ortho intramolecular Hbond substituents is 1. The summed E-state index contributed by atoms with van der Waals surface area (Å²) in [5.41, 5.74) is 1.15. The maximum Gasteiger partial charge on any atom is 0.253 e. The molecule has 0 saturated carbocycles. The Kier molecular flexibility index (Phi) is 4.62. The van der Waals surface area contributed by atoms with Crippen LogP contribution in [-0.2, 0) is 14.8 Å². The minimum absolute atomic E-state index is 0.0333. The largest absolute Gasteiger partial charge is 0.506 e. The van der Waals surface area contributed by atoms with Crippen LogP contribution in [0.15, 0.2) is 39.9 Å². The van der Waals surface area contributed by atoms with Gasteiger partial charge in [0.15, 0.2) is 0 Å². The average Bonchev–Trinajstić information content (AvgIpc) is 3.21. The summed E-state index contributed by atoms with van der Waals surface area (Å²) in [6, 6.07) is 7.37. The number of amides is 1. The summed E-state index contributed by atoms with van der Waals surface area (Å²) in [6.07, 6.45) is 1.09. The number of carbonyl (C=O) groups excluding carboxylic acids is 1. The van der Waals surface area contributed by atoms with Gasteiger partial charge in [0.1, 0.15) is 16.0 Å². The molecular weight excluding hydrogens is 348 g/mol. The quantitative estimate of drug-likeness (QED) is 0.814. The number of sulfonamides is 1.